The zero-order valence-electron chi connectivity index (χ0n) is 10.9. The van der Waals surface area contributed by atoms with Crippen LogP contribution in [0.5, 0.6) is 0 Å². The van der Waals surface area contributed by atoms with E-state index < -0.39 is 5.41 Å². The number of halogens is 2. The number of hydrogen-bond acceptors (Lipinski definition) is 3. The SMILES string of the molecule is NCC(CO)(Cc1ccc(Br)cn1)c1ccc(F)cc1. The standard InChI is InChI=1S/C15H16BrFN2O/c16-12-3-6-14(19-8-12)7-15(9-18,10-20)11-1-4-13(17)5-2-11/h1-6,8,20H,7,9-10,18H2. The molecule has 1 atom stereocenters. The second-order valence-corrected chi connectivity index (χ2v) is 5.71. The average Bonchev–Trinajstić information content (AvgIpc) is 2.48. The van der Waals surface area contributed by atoms with Crippen molar-refractivity contribution in [3.8, 4) is 0 Å². The van der Waals surface area contributed by atoms with E-state index >= 15 is 0 Å². The summed E-state index contributed by atoms with van der Waals surface area (Å²) in [6.45, 7) is 0.139. The van der Waals surface area contributed by atoms with Gasteiger partial charge in [-0.15, -0.1) is 0 Å². The topological polar surface area (TPSA) is 59.1 Å². The molecule has 3 nitrogen and oxygen atoms in total. The van der Waals surface area contributed by atoms with Gasteiger partial charge in [0.2, 0.25) is 0 Å². The number of nitrogens with zero attached hydrogens (tertiary/aromatic N) is 1. The molecular weight excluding hydrogens is 323 g/mol. The highest BCUT2D eigenvalue weighted by Gasteiger charge is 2.31. The number of benzene rings is 1. The molecule has 2 rings (SSSR count). The summed E-state index contributed by atoms with van der Waals surface area (Å²) in [7, 11) is 0. The van der Waals surface area contributed by atoms with Crippen molar-refractivity contribution in [2.45, 2.75) is 11.8 Å². The van der Waals surface area contributed by atoms with Crippen molar-refractivity contribution in [1.82, 2.24) is 4.98 Å². The second-order valence-electron chi connectivity index (χ2n) is 4.79. The summed E-state index contributed by atoms with van der Waals surface area (Å²) in [5.74, 6) is -0.306. The zero-order valence-corrected chi connectivity index (χ0v) is 12.5. The Morgan fingerprint density at radius 1 is 1.20 bits per heavy atom. The maximum Gasteiger partial charge on any atom is 0.123 e. The minimum Gasteiger partial charge on any atom is -0.395 e. The summed E-state index contributed by atoms with van der Waals surface area (Å²) in [6.07, 6.45) is 2.21. The molecule has 1 aromatic heterocycles. The van der Waals surface area contributed by atoms with Crippen molar-refractivity contribution >= 4 is 15.9 Å². The summed E-state index contributed by atoms with van der Waals surface area (Å²) in [5, 5.41) is 9.80. The van der Waals surface area contributed by atoms with Crippen LogP contribution in [0, 0.1) is 5.82 Å². The fourth-order valence-electron chi connectivity index (χ4n) is 2.16. The fourth-order valence-corrected chi connectivity index (χ4v) is 2.40. The molecule has 2 aromatic rings. The summed E-state index contributed by atoms with van der Waals surface area (Å²) < 4.78 is 13.9. The Labute approximate surface area is 125 Å². The lowest BCUT2D eigenvalue weighted by Crippen LogP contribution is -2.41. The van der Waals surface area contributed by atoms with Gasteiger partial charge in [-0.25, -0.2) is 4.39 Å². The van der Waals surface area contributed by atoms with Crippen LogP contribution in [0.1, 0.15) is 11.3 Å². The van der Waals surface area contributed by atoms with Crippen molar-refractivity contribution < 1.29 is 9.50 Å². The van der Waals surface area contributed by atoms with Gasteiger partial charge in [-0.05, 0) is 45.8 Å². The molecule has 3 N–H and O–H groups in total. The number of nitrogens with two attached hydrogens (primary N) is 1. The Bertz CT molecular complexity index is 553. The largest absolute Gasteiger partial charge is 0.395 e. The van der Waals surface area contributed by atoms with Gasteiger partial charge in [-0.3, -0.25) is 4.98 Å². The van der Waals surface area contributed by atoms with E-state index in [9.17, 15) is 9.50 Å². The van der Waals surface area contributed by atoms with Gasteiger partial charge in [-0.1, -0.05) is 12.1 Å². The molecule has 0 radical (unpaired) electrons. The first kappa shape index (κ1) is 15.1. The minimum absolute atomic E-state index is 0.118. The lowest BCUT2D eigenvalue weighted by Gasteiger charge is -2.31. The molecule has 0 fully saturated rings. The monoisotopic (exact) mass is 338 g/mol. The summed E-state index contributed by atoms with van der Waals surface area (Å²) >= 11 is 3.33. The van der Waals surface area contributed by atoms with E-state index in [1.807, 2.05) is 12.1 Å². The van der Waals surface area contributed by atoms with Crippen molar-refractivity contribution in [2.24, 2.45) is 5.73 Å². The van der Waals surface area contributed by atoms with E-state index in [1.54, 1.807) is 18.3 Å². The molecule has 1 unspecified atom stereocenters. The normalized spacial score (nSPS) is 14.0. The highest BCUT2D eigenvalue weighted by atomic mass is 79.9. The molecule has 0 bridgehead atoms. The van der Waals surface area contributed by atoms with Crippen molar-refractivity contribution in [3.63, 3.8) is 0 Å². The lowest BCUT2D eigenvalue weighted by molar-refractivity contribution is 0.195. The van der Waals surface area contributed by atoms with Crippen molar-refractivity contribution in [2.75, 3.05) is 13.2 Å². The molecule has 0 aliphatic heterocycles. The number of aromatic nitrogens is 1. The van der Waals surface area contributed by atoms with E-state index in [2.05, 4.69) is 20.9 Å². The molecule has 0 saturated heterocycles. The third-order valence-corrected chi connectivity index (χ3v) is 3.93. The molecule has 0 aliphatic carbocycles. The lowest BCUT2D eigenvalue weighted by atomic mass is 9.77. The molecule has 106 valence electrons. The fraction of sp³-hybridized carbons (Fsp3) is 0.267. The van der Waals surface area contributed by atoms with Crippen LogP contribution in [-0.2, 0) is 11.8 Å². The third kappa shape index (κ3) is 3.23. The first-order chi connectivity index (χ1) is 9.59. The van der Waals surface area contributed by atoms with Gasteiger partial charge in [0.1, 0.15) is 5.82 Å². The Balaban J connectivity index is 2.33. The summed E-state index contributed by atoms with van der Waals surface area (Å²) in [6, 6.07) is 9.86. The molecule has 1 heterocycles. The van der Waals surface area contributed by atoms with Gasteiger partial charge in [0.25, 0.3) is 0 Å². The Kier molecular flexibility index (Phi) is 4.86. The highest BCUT2D eigenvalue weighted by Crippen LogP contribution is 2.27. The van der Waals surface area contributed by atoms with Crippen LogP contribution in [0.2, 0.25) is 0 Å². The van der Waals surface area contributed by atoms with Gasteiger partial charge >= 0.3 is 0 Å². The predicted octanol–water partition coefficient (Wildman–Crippen LogP) is 2.41. The maximum absolute atomic E-state index is 13.0. The quantitative estimate of drug-likeness (QED) is 0.880. The molecule has 5 heteroatoms. The highest BCUT2D eigenvalue weighted by molar-refractivity contribution is 9.10. The number of aliphatic hydroxyl groups excluding tert-OH is 1. The second kappa shape index (κ2) is 6.43. The zero-order chi connectivity index (χ0) is 14.6. The Morgan fingerprint density at radius 3 is 2.40 bits per heavy atom. The summed E-state index contributed by atoms with van der Waals surface area (Å²) in [4.78, 5) is 4.31. The van der Waals surface area contributed by atoms with Crippen LogP contribution in [0.3, 0.4) is 0 Å². The van der Waals surface area contributed by atoms with E-state index in [0.717, 1.165) is 15.7 Å². The number of aliphatic hydroxyl groups is 1. The molecule has 1 aromatic carbocycles. The van der Waals surface area contributed by atoms with Gasteiger partial charge < -0.3 is 10.8 Å². The molecule has 0 saturated carbocycles. The number of hydrogen-bond donors (Lipinski definition) is 2. The van der Waals surface area contributed by atoms with E-state index in [-0.39, 0.29) is 19.0 Å². The molecule has 0 spiro atoms. The number of pyridine rings is 1. The van der Waals surface area contributed by atoms with Crippen molar-refractivity contribution in [3.05, 3.63) is 64.1 Å². The third-order valence-electron chi connectivity index (χ3n) is 3.46. The first-order valence-electron chi connectivity index (χ1n) is 6.27. The molecule has 0 aliphatic rings. The van der Waals surface area contributed by atoms with Crippen LogP contribution in [0.15, 0.2) is 47.1 Å². The Morgan fingerprint density at radius 2 is 1.90 bits per heavy atom. The predicted molar refractivity (Wildman–Crippen MR) is 79.9 cm³/mol. The van der Waals surface area contributed by atoms with Crippen LogP contribution in [-0.4, -0.2) is 23.2 Å². The maximum atomic E-state index is 13.0. The Hall–Kier alpha value is -1.30. The minimum atomic E-state index is -0.644. The van der Waals surface area contributed by atoms with E-state index in [4.69, 9.17) is 5.73 Å². The van der Waals surface area contributed by atoms with Crippen LogP contribution < -0.4 is 5.73 Å². The summed E-state index contributed by atoms with van der Waals surface area (Å²) in [5.41, 5.74) is 6.88. The molecule has 20 heavy (non-hydrogen) atoms. The smallest absolute Gasteiger partial charge is 0.123 e. The first-order valence-corrected chi connectivity index (χ1v) is 7.06. The molecular formula is C15H16BrFN2O. The molecule has 0 amide bonds. The van der Waals surface area contributed by atoms with E-state index in [0.29, 0.717) is 6.42 Å². The van der Waals surface area contributed by atoms with Crippen LogP contribution in [0.25, 0.3) is 0 Å². The van der Waals surface area contributed by atoms with Gasteiger partial charge in [-0.2, -0.15) is 0 Å². The average molecular weight is 339 g/mol. The number of rotatable bonds is 5. The van der Waals surface area contributed by atoms with Gasteiger partial charge in [0.15, 0.2) is 0 Å². The van der Waals surface area contributed by atoms with E-state index in [1.165, 1.54) is 12.1 Å². The van der Waals surface area contributed by atoms with Crippen LogP contribution in [0.4, 0.5) is 4.39 Å². The van der Waals surface area contributed by atoms with Gasteiger partial charge in [0, 0.05) is 34.7 Å². The van der Waals surface area contributed by atoms with Crippen molar-refractivity contribution in [1.29, 1.82) is 0 Å². The van der Waals surface area contributed by atoms with Gasteiger partial charge in [0.05, 0.1) is 6.61 Å². The van der Waals surface area contributed by atoms with Crippen LogP contribution >= 0.6 is 15.9 Å².